The topological polar surface area (TPSA) is 48.0 Å². The number of rotatable bonds is 0. The normalized spacial score (nSPS) is 26.4. The summed E-state index contributed by atoms with van der Waals surface area (Å²) < 4.78 is 0. The van der Waals surface area contributed by atoms with Gasteiger partial charge >= 0.3 is 0 Å². The van der Waals surface area contributed by atoms with Crippen molar-refractivity contribution in [3.63, 3.8) is 0 Å². The van der Waals surface area contributed by atoms with Gasteiger partial charge in [0.15, 0.2) is 0 Å². The number of quaternary nitrogens is 1. The van der Waals surface area contributed by atoms with Crippen molar-refractivity contribution >= 4 is 5.91 Å². The largest absolute Gasteiger partial charge is 0.353 e. The highest BCUT2D eigenvalue weighted by molar-refractivity contribution is 5.79. The van der Waals surface area contributed by atoms with Crippen LogP contribution in [-0.4, -0.2) is 28.9 Å². The number of likely N-dealkylation sites (tertiary alicyclic amines) is 1. The Hall–Kier alpha value is -0.570. The molecule has 1 amide bonds. The molecule has 1 aliphatic heterocycles. The molecule has 0 aliphatic carbocycles. The van der Waals surface area contributed by atoms with Gasteiger partial charge in [0, 0.05) is 5.54 Å². The Morgan fingerprint density at radius 2 is 2.09 bits per heavy atom. The van der Waals surface area contributed by atoms with Crippen molar-refractivity contribution in [2.45, 2.75) is 38.8 Å². The summed E-state index contributed by atoms with van der Waals surface area (Å²) in [5, 5.41) is 0. The van der Waals surface area contributed by atoms with E-state index in [-0.39, 0.29) is 11.4 Å². The number of carbonyl (C=O) groups excluding carboxylic acids is 1. The highest BCUT2D eigenvalue weighted by atomic mass is 16.2. The Balaban J connectivity index is 2.68. The molecule has 1 unspecified atom stereocenters. The maximum Gasteiger partial charge on any atom is 0.229 e. The van der Waals surface area contributed by atoms with Crippen LogP contribution in [0.3, 0.4) is 0 Å². The standard InChI is InChI=1S/C8H16N2O/c1-8(2,3)10-5-6(9)4-7(10)11/h6H,4-5,9H2,1-3H3/p+1. The monoisotopic (exact) mass is 157 g/mol. The van der Waals surface area contributed by atoms with E-state index in [4.69, 9.17) is 0 Å². The zero-order chi connectivity index (χ0) is 8.65. The van der Waals surface area contributed by atoms with E-state index in [9.17, 15) is 4.79 Å². The van der Waals surface area contributed by atoms with Gasteiger partial charge in [0.25, 0.3) is 0 Å². The lowest BCUT2D eigenvalue weighted by molar-refractivity contribution is -0.414. The van der Waals surface area contributed by atoms with Crippen LogP contribution in [0.5, 0.6) is 0 Å². The SMILES string of the molecule is CC(C)(C)N1CC([NH3+])CC1=O. The number of amides is 1. The fourth-order valence-electron chi connectivity index (χ4n) is 1.43. The number of carbonyl (C=O) groups is 1. The first kappa shape index (κ1) is 8.53. The number of hydrogen-bond acceptors (Lipinski definition) is 1. The predicted molar refractivity (Wildman–Crippen MR) is 42.8 cm³/mol. The molecule has 0 radical (unpaired) electrons. The summed E-state index contributed by atoms with van der Waals surface area (Å²) in [6.45, 7) is 7.00. The molecule has 0 spiro atoms. The summed E-state index contributed by atoms with van der Waals surface area (Å²) in [4.78, 5) is 13.2. The first-order valence-electron chi connectivity index (χ1n) is 4.05. The van der Waals surface area contributed by atoms with E-state index in [0.717, 1.165) is 6.54 Å². The highest BCUT2D eigenvalue weighted by Crippen LogP contribution is 2.19. The lowest BCUT2D eigenvalue weighted by Gasteiger charge is -2.31. The average Bonchev–Trinajstić information content (AvgIpc) is 2.08. The van der Waals surface area contributed by atoms with Crippen molar-refractivity contribution in [2.24, 2.45) is 0 Å². The molecule has 0 aromatic rings. The summed E-state index contributed by atoms with van der Waals surface area (Å²) in [5.41, 5.74) is 3.86. The molecule has 64 valence electrons. The first-order valence-corrected chi connectivity index (χ1v) is 4.05. The van der Waals surface area contributed by atoms with Crippen LogP contribution in [0.4, 0.5) is 0 Å². The molecule has 0 aromatic carbocycles. The van der Waals surface area contributed by atoms with Crippen LogP contribution in [0.25, 0.3) is 0 Å². The summed E-state index contributed by atoms with van der Waals surface area (Å²) in [6, 6.07) is 0.293. The molecule has 3 N–H and O–H groups in total. The van der Waals surface area contributed by atoms with E-state index in [0.29, 0.717) is 12.5 Å². The van der Waals surface area contributed by atoms with Crippen LogP contribution in [0, 0.1) is 0 Å². The van der Waals surface area contributed by atoms with Crippen LogP contribution in [0.2, 0.25) is 0 Å². The third kappa shape index (κ3) is 1.71. The zero-order valence-electron chi connectivity index (χ0n) is 7.55. The third-order valence-electron chi connectivity index (χ3n) is 2.01. The van der Waals surface area contributed by atoms with Crippen LogP contribution in [-0.2, 0) is 4.79 Å². The smallest absolute Gasteiger partial charge is 0.229 e. The van der Waals surface area contributed by atoms with E-state index in [1.807, 2.05) is 4.90 Å². The van der Waals surface area contributed by atoms with E-state index in [2.05, 4.69) is 26.5 Å². The minimum absolute atomic E-state index is 0.0243. The molecule has 1 atom stereocenters. The Morgan fingerprint density at radius 1 is 1.55 bits per heavy atom. The average molecular weight is 157 g/mol. The van der Waals surface area contributed by atoms with Crippen molar-refractivity contribution in [1.82, 2.24) is 4.90 Å². The van der Waals surface area contributed by atoms with E-state index < -0.39 is 0 Å². The zero-order valence-corrected chi connectivity index (χ0v) is 7.55. The van der Waals surface area contributed by atoms with Crippen molar-refractivity contribution in [1.29, 1.82) is 0 Å². The van der Waals surface area contributed by atoms with Crippen molar-refractivity contribution in [2.75, 3.05) is 6.54 Å². The minimum Gasteiger partial charge on any atom is -0.353 e. The Morgan fingerprint density at radius 3 is 2.27 bits per heavy atom. The molecule has 1 saturated heterocycles. The first-order chi connectivity index (χ1) is 4.91. The highest BCUT2D eigenvalue weighted by Gasteiger charge is 2.36. The maximum absolute atomic E-state index is 11.3. The fraction of sp³-hybridized carbons (Fsp3) is 0.875. The van der Waals surface area contributed by atoms with E-state index >= 15 is 0 Å². The molecule has 3 nitrogen and oxygen atoms in total. The molecular weight excluding hydrogens is 140 g/mol. The summed E-state index contributed by atoms with van der Waals surface area (Å²) >= 11 is 0. The molecule has 1 rings (SSSR count). The molecule has 3 heteroatoms. The molecule has 11 heavy (non-hydrogen) atoms. The molecule has 0 bridgehead atoms. The molecule has 1 aliphatic rings. The van der Waals surface area contributed by atoms with Crippen molar-refractivity contribution < 1.29 is 10.5 Å². The van der Waals surface area contributed by atoms with E-state index in [1.165, 1.54) is 0 Å². The van der Waals surface area contributed by atoms with Gasteiger partial charge in [-0.3, -0.25) is 4.79 Å². The number of nitrogens with zero attached hydrogens (tertiary/aromatic N) is 1. The second-order valence-electron chi connectivity index (χ2n) is 4.25. The third-order valence-corrected chi connectivity index (χ3v) is 2.01. The van der Waals surface area contributed by atoms with Crippen molar-refractivity contribution in [3.8, 4) is 0 Å². The minimum atomic E-state index is -0.0243. The van der Waals surface area contributed by atoms with Gasteiger partial charge in [-0.05, 0) is 20.8 Å². The van der Waals surface area contributed by atoms with Gasteiger partial charge in [-0.25, -0.2) is 0 Å². The summed E-state index contributed by atoms with van der Waals surface area (Å²) in [7, 11) is 0. The van der Waals surface area contributed by atoms with Gasteiger partial charge in [-0.15, -0.1) is 0 Å². The van der Waals surface area contributed by atoms with Gasteiger partial charge in [-0.2, -0.15) is 0 Å². The Labute approximate surface area is 67.5 Å². The van der Waals surface area contributed by atoms with E-state index in [1.54, 1.807) is 0 Å². The lowest BCUT2D eigenvalue weighted by Crippen LogP contribution is -2.62. The van der Waals surface area contributed by atoms with Crippen molar-refractivity contribution in [3.05, 3.63) is 0 Å². The Kier molecular flexibility index (Phi) is 1.92. The summed E-state index contributed by atoms with van der Waals surface area (Å²) in [5.74, 6) is 0.248. The van der Waals surface area contributed by atoms with Gasteiger partial charge in [0.1, 0.15) is 6.04 Å². The number of hydrogen-bond donors (Lipinski definition) is 1. The van der Waals surface area contributed by atoms with Crippen LogP contribution >= 0.6 is 0 Å². The molecule has 1 fully saturated rings. The molecular formula is C8H17N2O+. The van der Waals surface area contributed by atoms with Gasteiger partial charge < -0.3 is 10.6 Å². The molecule has 0 saturated carbocycles. The predicted octanol–water partition coefficient (Wildman–Crippen LogP) is -0.372. The maximum atomic E-state index is 11.3. The van der Waals surface area contributed by atoms with Crippen LogP contribution in [0.15, 0.2) is 0 Å². The van der Waals surface area contributed by atoms with Gasteiger partial charge in [-0.1, -0.05) is 0 Å². The van der Waals surface area contributed by atoms with Gasteiger partial charge in [0.2, 0.25) is 5.91 Å². The second kappa shape index (κ2) is 2.48. The molecule has 0 aromatic heterocycles. The summed E-state index contributed by atoms with van der Waals surface area (Å²) in [6.07, 6.45) is 0.622. The second-order valence-corrected chi connectivity index (χ2v) is 4.25. The fourth-order valence-corrected chi connectivity index (χ4v) is 1.43. The van der Waals surface area contributed by atoms with Gasteiger partial charge in [0.05, 0.1) is 13.0 Å². The van der Waals surface area contributed by atoms with Crippen LogP contribution < -0.4 is 5.73 Å². The van der Waals surface area contributed by atoms with Crippen LogP contribution in [0.1, 0.15) is 27.2 Å². The Bertz CT molecular complexity index is 171. The quantitative estimate of drug-likeness (QED) is 0.512. The lowest BCUT2D eigenvalue weighted by atomic mass is 10.1. The molecule has 1 heterocycles.